The lowest BCUT2D eigenvalue weighted by molar-refractivity contribution is -0.149. The fourth-order valence-corrected chi connectivity index (χ4v) is 5.12. The van der Waals surface area contributed by atoms with Crippen LogP contribution >= 0.6 is 0 Å². The van der Waals surface area contributed by atoms with E-state index in [9.17, 15) is 19.5 Å². The van der Waals surface area contributed by atoms with Crippen molar-refractivity contribution in [1.29, 1.82) is 0 Å². The van der Waals surface area contributed by atoms with Gasteiger partial charge in [-0.25, -0.2) is 9.59 Å². The Labute approximate surface area is 262 Å². The number of esters is 1. The largest absolute Gasteiger partial charge is 0.504 e. The molecule has 2 amide bonds. The van der Waals surface area contributed by atoms with Crippen molar-refractivity contribution in [1.82, 2.24) is 10.2 Å². The maximum Gasteiger partial charge on any atom is 0.410 e. The second kappa shape index (κ2) is 15.4. The Hall–Kier alpha value is -5.31. The van der Waals surface area contributed by atoms with Gasteiger partial charge < -0.3 is 24.6 Å². The van der Waals surface area contributed by atoms with Crippen molar-refractivity contribution >= 4 is 18.0 Å². The molecule has 4 aromatic carbocycles. The molecule has 0 saturated carbocycles. The van der Waals surface area contributed by atoms with E-state index in [4.69, 9.17) is 14.2 Å². The van der Waals surface area contributed by atoms with E-state index in [1.807, 2.05) is 91.0 Å². The molecule has 0 spiro atoms. The Kier molecular flexibility index (Phi) is 10.7. The minimum Gasteiger partial charge on any atom is -0.504 e. The number of benzene rings is 4. The fourth-order valence-electron chi connectivity index (χ4n) is 5.12. The second-order valence-corrected chi connectivity index (χ2v) is 10.8. The number of aromatic hydroxyl groups is 1. The predicted molar refractivity (Wildman–Crippen MR) is 167 cm³/mol. The van der Waals surface area contributed by atoms with E-state index in [0.717, 1.165) is 16.7 Å². The van der Waals surface area contributed by atoms with Crippen LogP contribution in [0.15, 0.2) is 109 Å². The fraction of sp³-hybridized carbons (Fsp3) is 0.250. The normalized spacial score (nSPS) is 14.8. The Balaban J connectivity index is 1.28. The molecule has 1 saturated heterocycles. The number of likely N-dealkylation sites (tertiary alicyclic amines) is 1. The molecule has 232 valence electrons. The smallest absolute Gasteiger partial charge is 0.410 e. The maximum atomic E-state index is 13.6. The van der Waals surface area contributed by atoms with E-state index in [1.54, 1.807) is 12.1 Å². The number of ether oxygens (including phenoxy) is 3. The number of hydrogen-bond donors (Lipinski definition) is 2. The monoisotopic (exact) mass is 608 g/mol. The van der Waals surface area contributed by atoms with Gasteiger partial charge in [0.05, 0.1) is 0 Å². The van der Waals surface area contributed by atoms with Gasteiger partial charge in [-0.15, -0.1) is 0 Å². The summed E-state index contributed by atoms with van der Waals surface area (Å²) in [5.74, 6) is -0.881. The highest BCUT2D eigenvalue weighted by molar-refractivity contribution is 5.90. The van der Waals surface area contributed by atoms with E-state index in [0.29, 0.717) is 24.9 Å². The number of carbonyl (C=O) groups is 3. The number of amides is 2. The standard InChI is InChI=1S/C36H36N2O7/c39-32-19-18-29(22-33(32)43-23-26-11-4-1-5-12-26)21-30(35(41)44-24-27-13-6-2-7-14-27)37-34(40)31-17-10-20-38(31)36(42)45-25-28-15-8-3-9-16-28/h1-9,11-16,18-19,22,30-31,39H,10,17,20-21,23-25H2,(H,37,40)/t30-,31-/m0/s1. The van der Waals surface area contributed by atoms with Gasteiger partial charge in [-0.1, -0.05) is 97.1 Å². The number of phenols is 1. The Bertz CT molecular complexity index is 1560. The van der Waals surface area contributed by atoms with Crippen LogP contribution < -0.4 is 10.1 Å². The molecule has 45 heavy (non-hydrogen) atoms. The van der Waals surface area contributed by atoms with Crippen molar-refractivity contribution in [2.75, 3.05) is 6.54 Å². The van der Waals surface area contributed by atoms with Gasteiger partial charge in [0.2, 0.25) is 5.91 Å². The lowest BCUT2D eigenvalue weighted by Crippen LogP contribution is -2.52. The van der Waals surface area contributed by atoms with E-state index in [2.05, 4.69) is 5.32 Å². The molecule has 0 aromatic heterocycles. The van der Waals surface area contributed by atoms with Crippen LogP contribution in [-0.4, -0.2) is 46.6 Å². The molecular weight excluding hydrogens is 572 g/mol. The van der Waals surface area contributed by atoms with Crippen molar-refractivity contribution in [2.24, 2.45) is 0 Å². The van der Waals surface area contributed by atoms with E-state index < -0.39 is 30.1 Å². The van der Waals surface area contributed by atoms with Crippen LogP contribution in [0.2, 0.25) is 0 Å². The summed E-state index contributed by atoms with van der Waals surface area (Å²) in [4.78, 5) is 41.3. The number of nitrogens with one attached hydrogen (secondary N) is 1. The highest BCUT2D eigenvalue weighted by atomic mass is 16.6. The van der Waals surface area contributed by atoms with Gasteiger partial charge >= 0.3 is 12.1 Å². The summed E-state index contributed by atoms with van der Waals surface area (Å²) in [6.45, 7) is 0.743. The molecule has 1 aliphatic heterocycles. The molecule has 2 N–H and O–H groups in total. The predicted octanol–water partition coefficient (Wildman–Crippen LogP) is 5.54. The first-order chi connectivity index (χ1) is 22.0. The zero-order valence-corrected chi connectivity index (χ0v) is 24.8. The molecular formula is C36H36N2O7. The highest BCUT2D eigenvalue weighted by Gasteiger charge is 2.37. The number of rotatable bonds is 12. The first kappa shape index (κ1) is 31.1. The summed E-state index contributed by atoms with van der Waals surface area (Å²) in [5.41, 5.74) is 3.22. The molecule has 9 heteroatoms. The summed E-state index contributed by atoms with van der Waals surface area (Å²) in [6.07, 6.45) is 0.557. The third kappa shape index (κ3) is 8.86. The summed E-state index contributed by atoms with van der Waals surface area (Å²) in [6, 6.07) is 31.1. The zero-order valence-electron chi connectivity index (χ0n) is 24.8. The molecule has 5 rings (SSSR count). The van der Waals surface area contributed by atoms with Crippen molar-refractivity contribution in [3.8, 4) is 11.5 Å². The SMILES string of the molecule is O=C(OCc1ccccc1)[C@H](Cc1ccc(O)c(OCc2ccccc2)c1)NC(=O)[C@@H]1CCCN1C(=O)OCc1ccccc1. The summed E-state index contributed by atoms with van der Waals surface area (Å²) < 4.78 is 16.9. The Morgan fingerprint density at radius 1 is 0.756 bits per heavy atom. The molecule has 9 nitrogen and oxygen atoms in total. The molecule has 0 unspecified atom stereocenters. The first-order valence-corrected chi connectivity index (χ1v) is 14.9. The van der Waals surface area contributed by atoms with Gasteiger partial charge in [-0.05, 0) is 47.2 Å². The topological polar surface area (TPSA) is 114 Å². The van der Waals surface area contributed by atoms with Crippen molar-refractivity contribution in [3.05, 3.63) is 131 Å². The number of carbonyl (C=O) groups excluding carboxylic acids is 3. The average Bonchev–Trinajstić information content (AvgIpc) is 3.58. The Morgan fingerprint density at radius 2 is 1.33 bits per heavy atom. The van der Waals surface area contributed by atoms with Crippen LogP contribution in [0.5, 0.6) is 11.5 Å². The minimum atomic E-state index is -1.06. The van der Waals surface area contributed by atoms with Gasteiger partial charge in [0.1, 0.15) is 31.9 Å². The third-order valence-corrected chi connectivity index (χ3v) is 7.52. The van der Waals surface area contributed by atoms with Crippen LogP contribution in [0.3, 0.4) is 0 Å². The third-order valence-electron chi connectivity index (χ3n) is 7.52. The summed E-state index contributed by atoms with van der Waals surface area (Å²) in [7, 11) is 0. The quantitative estimate of drug-likeness (QED) is 0.203. The lowest BCUT2D eigenvalue weighted by atomic mass is 10.0. The van der Waals surface area contributed by atoms with Crippen LogP contribution in [-0.2, 0) is 45.3 Å². The van der Waals surface area contributed by atoms with E-state index in [-0.39, 0.29) is 37.7 Å². The molecule has 0 bridgehead atoms. The molecule has 0 aliphatic carbocycles. The van der Waals surface area contributed by atoms with Gasteiger partial charge in [0.15, 0.2) is 11.5 Å². The molecule has 1 aliphatic rings. The van der Waals surface area contributed by atoms with Crippen LogP contribution in [0.25, 0.3) is 0 Å². The first-order valence-electron chi connectivity index (χ1n) is 14.9. The highest BCUT2D eigenvalue weighted by Crippen LogP contribution is 2.28. The van der Waals surface area contributed by atoms with Crippen molar-refractivity contribution in [2.45, 2.75) is 51.2 Å². The van der Waals surface area contributed by atoms with Gasteiger partial charge in [-0.2, -0.15) is 0 Å². The molecule has 1 fully saturated rings. The van der Waals surface area contributed by atoms with E-state index in [1.165, 1.54) is 11.0 Å². The van der Waals surface area contributed by atoms with Gasteiger partial charge in [0.25, 0.3) is 0 Å². The lowest BCUT2D eigenvalue weighted by Gasteiger charge is -2.26. The second-order valence-electron chi connectivity index (χ2n) is 10.8. The van der Waals surface area contributed by atoms with Crippen LogP contribution in [0, 0.1) is 0 Å². The zero-order chi connectivity index (χ0) is 31.4. The number of phenolic OH excluding ortho intramolecular Hbond substituents is 1. The minimum absolute atomic E-state index is 0.0361. The van der Waals surface area contributed by atoms with Crippen molar-refractivity contribution < 1.29 is 33.7 Å². The average molecular weight is 609 g/mol. The molecule has 4 aromatic rings. The summed E-state index contributed by atoms with van der Waals surface area (Å²) >= 11 is 0. The van der Waals surface area contributed by atoms with Crippen LogP contribution in [0.1, 0.15) is 35.1 Å². The van der Waals surface area contributed by atoms with E-state index >= 15 is 0 Å². The van der Waals surface area contributed by atoms with Gasteiger partial charge in [-0.3, -0.25) is 9.69 Å². The van der Waals surface area contributed by atoms with Gasteiger partial charge in [0, 0.05) is 13.0 Å². The number of hydrogen-bond acceptors (Lipinski definition) is 7. The molecule has 2 atom stereocenters. The summed E-state index contributed by atoms with van der Waals surface area (Å²) in [5, 5.41) is 13.2. The Morgan fingerprint density at radius 3 is 1.96 bits per heavy atom. The number of nitrogens with zero attached hydrogens (tertiary/aromatic N) is 1. The van der Waals surface area contributed by atoms with Crippen molar-refractivity contribution in [3.63, 3.8) is 0 Å². The molecule has 1 heterocycles. The maximum absolute atomic E-state index is 13.6. The molecule has 0 radical (unpaired) electrons. The van der Waals surface area contributed by atoms with Crippen LogP contribution in [0.4, 0.5) is 4.79 Å².